The van der Waals surface area contributed by atoms with Gasteiger partial charge in [-0.05, 0) is 48.6 Å². The van der Waals surface area contributed by atoms with E-state index in [1.165, 1.54) is 4.57 Å². The van der Waals surface area contributed by atoms with Crippen LogP contribution in [0.4, 0.5) is 0 Å². The molecule has 3 aromatic rings. The van der Waals surface area contributed by atoms with Crippen molar-refractivity contribution in [1.29, 1.82) is 0 Å². The average molecular weight is 426 g/mol. The van der Waals surface area contributed by atoms with Crippen LogP contribution in [0.1, 0.15) is 5.56 Å². The Balaban J connectivity index is 1.93. The molecule has 7 heteroatoms. The molecule has 0 unspecified atom stereocenters. The van der Waals surface area contributed by atoms with Gasteiger partial charge in [0, 0.05) is 9.69 Å². The number of benzene rings is 2. The van der Waals surface area contributed by atoms with Gasteiger partial charge in [-0.2, -0.15) is 0 Å². The first-order valence-electron chi connectivity index (χ1n) is 7.74. The third-order valence-corrected chi connectivity index (χ3v) is 4.75. The van der Waals surface area contributed by atoms with Crippen LogP contribution in [-0.2, 0) is 0 Å². The monoisotopic (exact) mass is 425 g/mol. The maximum atomic E-state index is 12.4. The van der Waals surface area contributed by atoms with Gasteiger partial charge in [-0.25, -0.2) is 4.99 Å². The van der Waals surface area contributed by atoms with E-state index < -0.39 is 5.56 Å². The first kappa shape index (κ1) is 16.7. The smallest absolute Gasteiger partial charge is 0.262 e. The fraction of sp³-hybridized carbons (Fsp3) is 0. The van der Waals surface area contributed by atoms with E-state index in [0.717, 1.165) is 15.0 Å². The summed E-state index contributed by atoms with van der Waals surface area (Å²) >= 11 is 8.63. The molecular weight excluding hydrogens is 414 g/mol. The number of allylic oxidation sites excluding steroid dienone is 1. The van der Waals surface area contributed by atoms with Crippen LogP contribution < -0.4 is 16.1 Å². The number of rotatable bonds is 2. The maximum absolute atomic E-state index is 12.4. The Morgan fingerprint density at radius 1 is 1.19 bits per heavy atom. The predicted octanol–water partition coefficient (Wildman–Crippen LogP) is 2.82. The third kappa shape index (κ3) is 2.95. The Hall–Kier alpha value is -2.77. The molecule has 0 amide bonds. The molecule has 2 N–H and O–H groups in total. The molecule has 0 atom stereocenters. The van der Waals surface area contributed by atoms with Crippen molar-refractivity contribution >= 4 is 40.3 Å². The lowest BCUT2D eigenvalue weighted by atomic mass is 10.2. The van der Waals surface area contributed by atoms with Crippen LogP contribution in [0, 0.1) is 4.77 Å². The Bertz CT molecular complexity index is 1270. The number of fused-ring (bicyclic) bond motifs is 1. The van der Waals surface area contributed by atoms with Gasteiger partial charge < -0.3 is 5.11 Å². The van der Waals surface area contributed by atoms with E-state index in [9.17, 15) is 9.90 Å². The highest BCUT2D eigenvalue weighted by atomic mass is 79.9. The van der Waals surface area contributed by atoms with Gasteiger partial charge >= 0.3 is 0 Å². The normalized spacial score (nSPS) is 14.0. The minimum Gasteiger partial charge on any atom is -0.494 e. The molecule has 0 bridgehead atoms. The number of hydrogen-bond donors (Lipinski definition) is 2. The molecule has 0 radical (unpaired) electrons. The van der Waals surface area contributed by atoms with E-state index in [-0.39, 0.29) is 16.2 Å². The summed E-state index contributed by atoms with van der Waals surface area (Å²) in [5.41, 5.74) is 0.852. The summed E-state index contributed by atoms with van der Waals surface area (Å²) in [6.07, 6.45) is 3.41. The lowest BCUT2D eigenvalue weighted by molar-refractivity contribution is 0.432. The van der Waals surface area contributed by atoms with E-state index in [4.69, 9.17) is 12.2 Å². The fourth-order valence-electron chi connectivity index (χ4n) is 2.79. The van der Waals surface area contributed by atoms with Crippen LogP contribution in [0.2, 0.25) is 0 Å². The number of aromatic hydroxyl groups is 1. The number of H-pyrrole nitrogens is 1. The number of aromatic nitrogens is 2. The van der Waals surface area contributed by atoms with Gasteiger partial charge in [-0.1, -0.05) is 40.2 Å². The van der Waals surface area contributed by atoms with Crippen LogP contribution in [-0.4, -0.2) is 14.7 Å². The Morgan fingerprint density at radius 3 is 2.77 bits per heavy atom. The highest BCUT2D eigenvalue weighted by Crippen LogP contribution is 2.24. The summed E-state index contributed by atoms with van der Waals surface area (Å²) < 4.78 is 2.36. The molecule has 2 aromatic carbocycles. The Morgan fingerprint density at radius 2 is 2.00 bits per heavy atom. The number of hydrogen-bond acceptors (Lipinski definition) is 4. The largest absolute Gasteiger partial charge is 0.494 e. The molecule has 26 heavy (non-hydrogen) atoms. The second-order valence-electron chi connectivity index (χ2n) is 5.70. The lowest BCUT2D eigenvalue weighted by Gasteiger charge is -2.11. The zero-order valence-corrected chi connectivity index (χ0v) is 15.7. The van der Waals surface area contributed by atoms with Crippen LogP contribution in [0.3, 0.4) is 0 Å². The van der Waals surface area contributed by atoms with E-state index >= 15 is 0 Å². The lowest BCUT2D eigenvalue weighted by Crippen LogP contribution is -2.19. The van der Waals surface area contributed by atoms with Crippen LogP contribution >= 0.6 is 28.1 Å². The van der Waals surface area contributed by atoms with Gasteiger partial charge in [0.2, 0.25) is 5.88 Å². The number of nitrogens with zero attached hydrogens (tertiary/aromatic N) is 2. The van der Waals surface area contributed by atoms with E-state index in [1.54, 1.807) is 18.2 Å². The third-order valence-electron chi connectivity index (χ3n) is 3.97. The van der Waals surface area contributed by atoms with Crippen molar-refractivity contribution in [3.63, 3.8) is 0 Å². The molecule has 2 heterocycles. The molecule has 0 saturated heterocycles. The molecule has 5 nitrogen and oxygen atoms in total. The molecule has 1 aliphatic rings. The minimum absolute atomic E-state index is 0.0985. The highest BCUT2D eigenvalue weighted by Gasteiger charge is 2.14. The quantitative estimate of drug-likeness (QED) is 0.620. The minimum atomic E-state index is -0.467. The van der Waals surface area contributed by atoms with E-state index in [1.807, 2.05) is 42.5 Å². The average Bonchev–Trinajstić information content (AvgIpc) is 3.01. The van der Waals surface area contributed by atoms with Gasteiger partial charge in [-0.15, -0.1) is 0 Å². The molecular formula is C19H12BrN3O2S. The van der Waals surface area contributed by atoms with Gasteiger partial charge in [0.25, 0.3) is 5.56 Å². The number of aromatic amines is 1. The molecule has 0 aliphatic carbocycles. The summed E-state index contributed by atoms with van der Waals surface area (Å²) in [6, 6.07) is 14.9. The Labute approximate surface area is 161 Å². The van der Waals surface area contributed by atoms with Crippen molar-refractivity contribution in [3.8, 4) is 11.6 Å². The first-order chi connectivity index (χ1) is 12.5. The van der Waals surface area contributed by atoms with Gasteiger partial charge in [0.15, 0.2) is 4.77 Å². The summed E-state index contributed by atoms with van der Waals surface area (Å²) in [5.74, 6) is -0.232. The molecule has 0 saturated carbocycles. The zero-order chi connectivity index (χ0) is 18.3. The second-order valence-corrected chi connectivity index (χ2v) is 7.00. The van der Waals surface area contributed by atoms with Crippen molar-refractivity contribution < 1.29 is 5.11 Å². The zero-order valence-electron chi connectivity index (χ0n) is 13.3. The summed E-state index contributed by atoms with van der Waals surface area (Å²) in [5, 5.41) is 12.5. The predicted molar refractivity (Wildman–Crippen MR) is 106 cm³/mol. The van der Waals surface area contributed by atoms with Crippen molar-refractivity contribution in [2.45, 2.75) is 0 Å². The van der Waals surface area contributed by atoms with Crippen LogP contribution in [0.15, 0.2) is 68.5 Å². The molecule has 0 fully saturated rings. The van der Waals surface area contributed by atoms with Crippen LogP contribution in [0.5, 0.6) is 5.88 Å². The fourth-order valence-corrected chi connectivity index (χ4v) is 3.46. The van der Waals surface area contributed by atoms with Gasteiger partial charge in [0.05, 0.1) is 16.7 Å². The topological polar surface area (TPSA) is 70.4 Å². The van der Waals surface area contributed by atoms with Crippen LogP contribution in [0.25, 0.3) is 17.8 Å². The Kier molecular flexibility index (Phi) is 4.18. The second kappa shape index (κ2) is 6.51. The summed E-state index contributed by atoms with van der Waals surface area (Å²) in [4.78, 5) is 19.4. The van der Waals surface area contributed by atoms with E-state index in [2.05, 4.69) is 25.9 Å². The van der Waals surface area contributed by atoms with Crippen molar-refractivity contribution in [3.05, 3.63) is 90.0 Å². The summed E-state index contributed by atoms with van der Waals surface area (Å²) in [7, 11) is 0. The van der Waals surface area contributed by atoms with Gasteiger partial charge in [-0.3, -0.25) is 14.3 Å². The molecule has 4 rings (SSSR count). The van der Waals surface area contributed by atoms with Crippen molar-refractivity contribution in [2.75, 3.05) is 0 Å². The summed E-state index contributed by atoms with van der Waals surface area (Å²) in [6.45, 7) is 0. The van der Waals surface area contributed by atoms with Gasteiger partial charge in [0.1, 0.15) is 5.56 Å². The maximum Gasteiger partial charge on any atom is 0.262 e. The molecule has 0 spiro atoms. The van der Waals surface area contributed by atoms with E-state index in [0.29, 0.717) is 11.4 Å². The first-order valence-corrected chi connectivity index (χ1v) is 8.94. The molecule has 128 valence electrons. The highest BCUT2D eigenvalue weighted by molar-refractivity contribution is 9.10. The number of nitrogens with one attached hydrogen (secondary N) is 1. The molecule has 1 aromatic heterocycles. The SMILES string of the molecule is O=c1[nH]c(=S)n(-c2cccc(Br)c2)c(O)c1C=C1C=c2ccccc2=N1. The van der Waals surface area contributed by atoms with Crippen molar-refractivity contribution in [2.24, 2.45) is 4.99 Å². The molecule has 1 aliphatic heterocycles. The number of halogens is 1. The van der Waals surface area contributed by atoms with Crippen molar-refractivity contribution in [1.82, 2.24) is 9.55 Å². The standard InChI is InChI=1S/C19H12BrN3O2S/c20-12-5-3-6-14(9-12)23-18(25)15(17(24)22-19(23)26)10-13-8-11-4-1-2-7-16(11)21-13/h1-10,25H,(H,22,24,26). The number of para-hydroxylation sites is 1.